The zero-order valence-corrected chi connectivity index (χ0v) is 10.4. The molecule has 17 heavy (non-hydrogen) atoms. The summed E-state index contributed by atoms with van der Waals surface area (Å²) in [7, 11) is 0. The normalized spacial score (nSPS) is 31.9. The molecule has 4 nitrogen and oxygen atoms in total. The highest BCUT2D eigenvalue weighted by molar-refractivity contribution is 6.31. The lowest BCUT2D eigenvalue weighted by molar-refractivity contribution is 0.121. The Kier molecular flexibility index (Phi) is 2.71. The van der Waals surface area contributed by atoms with Crippen LogP contribution in [0.3, 0.4) is 0 Å². The zero-order chi connectivity index (χ0) is 11.9. The summed E-state index contributed by atoms with van der Waals surface area (Å²) in [5.41, 5.74) is 0.0703. The van der Waals surface area contributed by atoms with Gasteiger partial charge in [0.1, 0.15) is 0 Å². The first kappa shape index (κ1) is 11.2. The van der Waals surface area contributed by atoms with Gasteiger partial charge in [-0.15, -0.1) is 0 Å². The van der Waals surface area contributed by atoms with Crippen molar-refractivity contribution in [3.63, 3.8) is 0 Å². The number of fused-ring (bicyclic) bond motifs is 1. The number of halogens is 1. The van der Waals surface area contributed by atoms with Gasteiger partial charge in [0, 0.05) is 30.9 Å². The van der Waals surface area contributed by atoms with E-state index in [1.54, 1.807) is 12.4 Å². The summed E-state index contributed by atoms with van der Waals surface area (Å²) in [6.45, 7) is 2.07. The first-order valence-electron chi connectivity index (χ1n) is 6.07. The van der Waals surface area contributed by atoms with Crippen LogP contribution in [-0.2, 0) is 0 Å². The monoisotopic (exact) mass is 253 g/mol. The van der Waals surface area contributed by atoms with Gasteiger partial charge in [-0.3, -0.25) is 0 Å². The highest BCUT2D eigenvalue weighted by atomic mass is 35.5. The van der Waals surface area contributed by atoms with Crippen molar-refractivity contribution in [2.45, 2.75) is 19.3 Å². The largest absolute Gasteiger partial charge is 0.396 e. The third-order valence-corrected chi connectivity index (χ3v) is 4.56. The molecular weight excluding hydrogens is 238 g/mol. The molecule has 0 unspecified atom stereocenters. The molecule has 0 aromatic carbocycles. The van der Waals surface area contributed by atoms with Gasteiger partial charge < -0.3 is 10.0 Å². The maximum atomic E-state index is 9.67. The lowest BCUT2D eigenvalue weighted by Gasteiger charge is -2.26. The van der Waals surface area contributed by atoms with Crippen LogP contribution < -0.4 is 4.90 Å². The predicted molar refractivity (Wildman–Crippen MR) is 66.1 cm³/mol. The van der Waals surface area contributed by atoms with Crippen LogP contribution in [0.15, 0.2) is 12.4 Å². The minimum absolute atomic E-state index is 0.0703. The number of hydrogen-bond donors (Lipinski definition) is 1. The van der Waals surface area contributed by atoms with Crippen LogP contribution in [0.1, 0.15) is 19.3 Å². The second-order valence-electron chi connectivity index (χ2n) is 5.16. The summed E-state index contributed by atoms with van der Waals surface area (Å²) < 4.78 is 0. The number of anilines is 1. The third kappa shape index (κ3) is 1.70. The van der Waals surface area contributed by atoms with Gasteiger partial charge in [0.15, 0.2) is 11.0 Å². The number of nitrogens with zero attached hydrogens (tertiary/aromatic N) is 3. The fourth-order valence-electron chi connectivity index (χ4n) is 3.36. The smallest absolute Gasteiger partial charge is 0.171 e. The van der Waals surface area contributed by atoms with E-state index < -0.39 is 0 Å². The van der Waals surface area contributed by atoms with Crippen molar-refractivity contribution in [3.05, 3.63) is 17.5 Å². The van der Waals surface area contributed by atoms with E-state index >= 15 is 0 Å². The van der Waals surface area contributed by atoms with Crippen molar-refractivity contribution in [2.24, 2.45) is 11.3 Å². The van der Waals surface area contributed by atoms with Gasteiger partial charge in [-0.25, -0.2) is 9.97 Å². The fourth-order valence-corrected chi connectivity index (χ4v) is 3.58. The molecule has 1 N–H and O–H groups in total. The molecule has 1 saturated carbocycles. The second-order valence-corrected chi connectivity index (χ2v) is 5.52. The molecule has 1 aliphatic heterocycles. The number of aromatic nitrogens is 2. The van der Waals surface area contributed by atoms with Crippen LogP contribution in [0.4, 0.5) is 5.82 Å². The van der Waals surface area contributed by atoms with Gasteiger partial charge >= 0.3 is 0 Å². The summed E-state index contributed by atoms with van der Waals surface area (Å²) >= 11 is 6.07. The molecule has 2 heterocycles. The lowest BCUT2D eigenvalue weighted by atomic mass is 9.82. The van der Waals surface area contributed by atoms with Gasteiger partial charge in [0.05, 0.1) is 6.61 Å². The van der Waals surface area contributed by atoms with E-state index in [4.69, 9.17) is 11.6 Å². The van der Waals surface area contributed by atoms with E-state index in [0.29, 0.717) is 11.1 Å². The van der Waals surface area contributed by atoms with Crippen LogP contribution in [0.2, 0.25) is 5.15 Å². The maximum Gasteiger partial charge on any atom is 0.171 e. The average molecular weight is 254 g/mol. The highest BCUT2D eigenvalue weighted by Gasteiger charge is 2.49. The molecule has 5 heteroatoms. The average Bonchev–Trinajstić information content (AvgIpc) is 2.86. The minimum atomic E-state index is 0.0703. The molecule has 0 radical (unpaired) electrons. The summed E-state index contributed by atoms with van der Waals surface area (Å²) in [5, 5.41) is 10.1. The number of aliphatic hydroxyl groups excluding tert-OH is 1. The van der Waals surface area contributed by atoms with Crippen molar-refractivity contribution in [1.29, 1.82) is 0 Å². The number of hydrogen-bond acceptors (Lipinski definition) is 4. The van der Waals surface area contributed by atoms with Crippen LogP contribution in [0.25, 0.3) is 0 Å². The Hall–Kier alpha value is -0.870. The van der Waals surface area contributed by atoms with E-state index in [2.05, 4.69) is 14.9 Å². The van der Waals surface area contributed by atoms with Crippen molar-refractivity contribution >= 4 is 17.4 Å². The minimum Gasteiger partial charge on any atom is -0.396 e. The van der Waals surface area contributed by atoms with E-state index in [9.17, 15) is 5.11 Å². The quantitative estimate of drug-likeness (QED) is 0.872. The molecular formula is C12H16ClN3O. The predicted octanol–water partition coefficient (Wildman–Crippen LogP) is 1.73. The molecule has 0 amide bonds. The first-order chi connectivity index (χ1) is 8.25. The number of rotatable bonds is 2. The first-order valence-corrected chi connectivity index (χ1v) is 6.45. The summed E-state index contributed by atoms with van der Waals surface area (Å²) in [6.07, 6.45) is 6.82. The molecule has 92 valence electrons. The van der Waals surface area contributed by atoms with Crippen LogP contribution in [0, 0.1) is 11.3 Å². The van der Waals surface area contributed by atoms with Crippen molar-refractivity contribution in [1.82, 2.24) is 9.97 Å². The summed E-state index contributed by atoms with van der Waals surface area (Å²) in [6, 6.07) is 0. The van der Waals surface area contributed by atoms with Gasteiger partial charge in [0.2, 0.25) is 0 Å². The van der Waals surface area contributed by atoms with Gasteiger partial charge in [-0.05, 0) is 18.8 Å². The van der Waals surface area contributed by atoms with E-state index in [-0.39, 0.29) is 12.0 Å². The zero-order valence-electron chi connectivity index (χ0n) is 9.64. The maximum absolute atomic E-state index is 9.67. The lowest BCUT2D eigenvalue weighted by Crippen LogP contribution is -2.31. The molecule has 1 saturated heterocycles. The van der Waals surface area contributed by atoms with Gasteiger partial charge in [0.25, 0.3) is 0 Å². The highest BCUT2D eigenvalue weighted by Crippen LogP contribution is 2.49. The molecule has 1 aliphatic carbocycles. The topological polar surface area (TPSA) is 49.2 Å². The van der Waals surface area contributed by atoms with Crippen LogP contribution in [-0.4, -0.2) is 34.8 Å². The summed E-state index contributed by atoms with van der Waals surface area (Å²) in [5.74, 6) is 1.34. The van der Waals surface area contributed by atoms with Crippen molar-refractivity contribution in [2.75, 3.05) is 24.6 Å². The van der Waals surface area contributed by atoms with Crippen molar-refractivity contribution in [3.8, 4) is 0 Å². The van der Waals surface area contributed by atoms with Gasteiger partial charge in [-0.2, -0.15) is 0 Å². The molecule has 2 aliphatic rings. The van der Waals surface area contributed by atoms with Crippen molar-refractivity contribution < 1.29 is 5.11 Å². The Morgan fingerprint density at radius 2 is 2.29 bits per heavy atom. The molecule has 0 spiro atoms. The van der Waals surface area contributed by atoms with Gasteiger partial charge in [-0.1, -0.05) is 18.0 Å². The third-order valence-electron chi connectivity index (χ3n) is 4.29. The Bertz CT molecular complexity index is 428. The standard InChI is InChI=1S/C12H16ClN3O/c13-10-11(15-5-4-14-10)16-6-9-2-1-3-12(9,7-16)8-17/h4-5,9,17H,1-3,6-8H2/t9-,12-/m0/s1. The molecule has 0 bridgehead atoms. The Morgan fingerprint density at radius 3 is 3.00 bits per heavy atom. The van der Waals surface area contributed by atoms with E-state index in [1.165, 1.54) is 12.8 Å². The molecule has 2 fully saturated rings. The van der Waals surface area contributed by atoms with Crippen LogP contribution >= 0.6 is 11.6 Å². The molecule has 3 rings (SSSR count). The molecule has 1 aromatic heterocycles. The SMILES string of the molecule is OC[C@@]12CCC[C@H]1CN(c1nccnc1Cl)C2. The summed E-state index contributed by atoms with van der Waals surface area (Å²) in [4.78, 5) is 10.5. The fraction of sp³-hybridized carbons (Fsp3) is 0.667. The second kappa shape index (κ2) is 4.10. The van der Waals surface area contributed by atoms with E-state index in [1.807, 2.05) is 0 Å². The Morgan fingerprint density at radius 1 is 1.47 bits per heavy atom. The Balaban J connectivity index is 1.87. The Labute approximate surface area is 106 Å². The number of aliphatic hydroxyl groups is 1. The van der Waals surface area contributed by atoms with Crippen LogP contribution in [0.5, 0.6) is 0 Å². The molecule has 1 aromatic rings. The van der Waals surface area contributed by atoms with E-state index in [0.717, 1.165) is 25.3 Å². The molecule has 2 atom stereocenters.